The van der Waals surface area contributed by atoms with Crippen molar-refractivity contribution in [2.75, 3.05) is 0 Å². The van der Waals surface area contributed by atoms with Gasteiger partial charge in [0.25, 0.3) is 5.91 Å². The Bertz CT molecular complexity index is 771. The molecule has 0 N–H and O–H groups in total. The fraction of sp³-hybridized carbons (Fsp3) is 0.571. The predicted octanol–water partition coefficient (Wildman–Crippen LogP) is 7.07. The SMILES string of the molecule is O=C(c1cc2cc(Br)cc(Br)c2o1)N(C1CCCCC1)C1CCCCC1. The van der Waals surface area contributed by atoms with Gasteiger partial charge in [0.2, 0.25) is 0 Å². The molecule has 0 unspecified atom stereocenters. The smallest absolute Gasteiger partial charge is 0.290 e. The molecule has 0 saturated heterocycles. The van der Waals surface area contributed by atoms with Gasteiger partial charge in [-0.25, -0.2) is 0 Å². The molecule has 5 heteroatoms. The lowest BCUT2D eigenvalue weighted by atomic mass is 9.88. The van der Waals surface area contributed by atoms with Crippen molar-refractivity contribution >= 4 is 48.7 Å². The molecule has 2 fully saturated rings. The van der Waals surface area contributed by atoms with Gasteiger partial charge in [0.1, 0.15) is 5.58 Å². The Kier molecular flexibility index (Phi) is 5.75. The average molecular weight is 483 g/mol. The largest absolute Gasteiger partial charge is 0.450 e. The Balaban J connectivity index is 1.67. The van der Waals surface area contributed by atoms with E-state index in [1.807, 2.05) is 18.2 Å². The Morgan fingerprint density at radius 3 is 2.04 bits per heavy atom. The van der Waals surface area contributed by atoms with Crippen molar-refractivity contribution in [3.05, 3.63) is 32.9 Å². The zero-order valence-electron chi connectivity index (χ0n) is 15.0. The summed E-state index contributed by atoms with van der Waals surface area (Å²) in [5, 5.41) is 0.960. The minimum absolute atomic E-state index is 0.0861. The fourth-order valence-electron chi connectivity index (χ4n) is 4.66. The highest BCUT2D eigenvalue weighted by molar-refractivity contribution is 9.11. The van der Waals surface area contributed by atoms with Gasteiger partial charge in [0.15, 0.2) is 5.76 Å². The van der Waals surface area contributed by atoms with E-state index in [-0.39, 0.29) is 5.91 Å². The van der Waals surface area contributed by atoms with E-state index in [0.717, 1.165) is 45.6 Å². The molecule has 0 atom stereocenters. The number of carbonyl (C=O) groups excluding carboxylic acids is 1. The number of carbonyl (C=O) groups is 1. The second kappa shape index (κ2) is 8.05. The summed E-state index contributed by atoms with van der Waals surface area (Å²) in [5.74, 6) is 0.568. The molecule has 2 aliphatic carbocycles. The molecule has 26 heavy (non-hydrogen) atoms. The van der Waals surface area contributed by atoms with Crippen molar-refractivity contribution in [2.45, 2.75) is 76.3 Å². The first-order valence-corrected chi connectivity index (χ1v) is 11.4. The molecule has 1 aromatic heterocycles. The maximum absolute atomic E-state index is 13.5. The normalized spacial score (nSPS) is 19.8. The number of rotatable bonds is 3. The number of nitrogens with zero attached hydrogens (tertiary/aromatic N) is 1. The zero-order chi connectivity index (χ0) is 18.1. The predicted molar refractivity (Wildman–Crippen MR) is 112 cm³/mol. The highest BCUT2D eigenvalue weighted by Gasteiger charge is 2.34. The quantitative estimate of drug-likeness (QED) is 0.468. The number of hydrogen-bond acceptors (Lipinski definition) is 2. The van der Waals surface area contributed by atoms with E-state index >= 15 is 0 Å². The minimum atomic E-state index is 0.0861. The van der Waals surface area contributed by atoms with Gasteiger partial charge in [0, 0.05) is 21.9 Å². The summed E-state index contributed by atoms with van der Waals surface area (Å²) in [6, 6.07) is 6.63. The Hall–Kier alpha value is -0.810. The molecule has 140 valence electrons. The Labute approximate surface area is 171 Å². The van der Waals surface area contributed by atoms with Crippen molar-refractivity contribution in [2.24, 2.45) is 0 Å². The Morgan fingerprint density at radius 1 is 0.885 bits per heavy atom. The standard InChI is InChI=1S/C21H25Br2NO2/c22-15-11-14-12-19(26-20(14)18(23)13-15)21(25)24(16-7-3-1-4-8-16)17-9-5-2-6-10-17/h11-13,16-17H,1-10H2. The van der Waals surface area contributed by atoms with Crippen LogP contribution in [0.2, 0.25) is 0 Å². The number of benzene rings is 1. The molecule has 2 aliphatic rings. The van der Waals surface area contributed by atoms with Crippen LogP contribution in [0.4, 0.5) is 0 Å². The first-order valence-electron chi connectivity index (χ1n) is 9.85. The number of hydrogen-bond donors (Lipinski definition) is 0. The van der Waals surface area contributed by atoms with E-state index in [1.54, 1.807) is 0 Å². The third-order valence-corrected chi connectivity index (χ3v) is 6.96. The summed E-state index contributed by atoms with van der Waals surface area (Å²) in [6.07, 6.45) is 12.1. The van der Waals surface area contributed by atoms with Gasteiger partial charge in [0.05, 0.1) is 4.47 Å². The highest BCUT2D eigenvalue weighted by atomic mass is 79.9. The highest BCUT2D eigenvalue weighted by Crippen LogP contribution is 2.35. The van der Waals surface area contributed by atoms with Gasteiger partial charge < -0.3 is 9.32 Å². The molecule has 2 aromatic rings. The molecule has 0 aliphatic heterocycles. The van der Waals surface area contributed by atoms with Crippen LogP contribution < -0.4 is 0 Å². The van der Waals surface area contributed by atoms with Crippen molar-refractivity contribution in [1.29, 1.82) is 0 Å². The fourth-order valence-corrected chi connectivity index (χ4v) is 6.00. The van der Waals surface area contributed by atoms with Crippen LogP contribution in [0, 0.1) is 0 Å². The maximum Gasteiger partial charge on any atom is 0.290 e. The summed E-state index contributed by atoms with van der Waals surface area (Å²) in [6.45, 7) is 0. The van der Waals surface area contributed by atoms with E-state index in [0.29, 0.717) is 17.8 Å². The number of amides is 1. The van der Waals surface area contributed by atoms with Crippen molar-refractivity contribution in [3.8, 4) is 0 Å². The van der Waals surface area contributed by atoms with Crippen LogP contribution >= 0.6 is 31.9 Å². The van der Waals surface area contributed by atoms with E-state index in [2.05, 4.69) is 36.8 Å². The number of halogens is 2. The summed E-state index contributed by atoms with van der Waals surface area (Å²) in [5.41, 5.74) is 0.754. The summed E-state index contributed by atoms with van der Waals surface area (Å²) < 4.78 is 7.88. The first-order chi connectivity index (χ1) is 12.6. The van der Waals surface area contributed by atoms with Crippen LogP contribution in [-0.4, -0.2) is 22.9 Å². The van der Waals surface area contributed by atoms with Crippen LogP contribution in [0.1, 0.15) is 74.8 Å². The monoisotopic (exact) mass is 481 g/mol. The molecule has 2 saturated carbocycles. The third-order valence-electron chi connectivity index (χ3n) is 5.92. The van der Waals surface area contributed by atoms with Gasteiger partial charge >= 0.3 is 0 Å². The summed E-state index contributed by atoms with van der Waals surface area (Å²) in [4.78, 5) is 15.7. The molecule has 1 aromatic carbocycles. The van der Waals surface area contributed by atoms with E-state index in [4.69, 9.17) is 4.42 Å². The van der Waals surface area contributed by atoms with E-state index in [9.17, 15) is 4.79 Å². The second-order valence-electron chi connectivity index (χ2n) is 7.71. The van der Waals surface area contributed by atoms with Gasteiger partial charge in [-0.05, 0) is 59.8 Å². The Morgan fingerprint density at radius 2 is 1.46 bits per heavy atom. The van der Waals surface area contributed by atoms with Gasteiger partial charge in [-0.2, -0.15) is 0 Å². The van der Waals surface area contributed by atoms with Crippen LogP contribution in [0.15, 0.2) is 31.6 Å². The van der Waals surface area contributed by atoms with Gasteiger partial charge in [-0.3, -0.25) is 4.79 Å². The second-order valence-corrected chi connectivity index (χ2v) is 9.48. The summed E-state index contributed by atoms with van der Waals surface area (Å²) >= 11 is 7.07. The molecular formula is C21H25Br2NO2. The first kappa shape index (κ1) is 18.5. The van der Waals surface area contributed by atoms with Crippen LogP contribution in [-0.2, 0) is 0 Å². The van der Waals surface area contributed by atoms with Gasteiger partial charge in [-0.1, -0.05) is 54.5 Å². The molecule has 4 rings (SSSR count). The van der Waals surface area contributed by atoms with Crippen LogP contribution in [0.3, 0.4) is 0 Å². The maximum atomic E-state index is 13.5. The molecule has 0 spiro atoms. The molecule has 1 heterocycles. The van der Waals surface area contributed by atoms with E-state index in [1.165, 1.54) is 38.5 Å². The average Bonchev–Trinajstić information content (AvgIpc) is 3.08. The van der Waals surface area contributed by atoms with Crippen molar-refractivity contribution in [1.82, 2.24) is 4.90 Å². The van der Waals surface area contributed by atoms with Gasteiger partial charge in [-0.15, -0.1) is 0 Å². The third kappa shape index (κ3) is 3.75. The zero-order valence-corrected chi connectivity index (χ0v) is 18.1. The molecular weight excluding hydrogens is 458 g/mol. The lowest BCUT2D eigenvalue weighted by Crippen LogP contribution is -2.48. The number of fused-ring (bicyclic) bond motifs is 1. The molecule has 0 radical (unpaired) electrons. The van der Waals surface area contributed by atoms with Crippen molar-refractivity contribution < 1.29 is 9.21 Å². The van der Waals surface area contributed by atoms with E-state index < -0.39 is 0 Å². The lowest BCUT2D eigenvalue weighted by Gasteiger charge is -2.41. The lowest BCUT2D eigenvalue weighted by molar-refractivity contribution is 0.0419. The molecule has 1 amide bonds. The molecule has 3 nitrogen and oxygen atoms in total. The van der Waals surface area contributed by atoms with Crippen LogP contribution in [0.5, 0.6) is 0 Å². The number of furan rings is 1. The molecule has 0 bridgehead atoms. The van der Waals surface area contributed by atoms with Crippen LogP contribution in [0.25, 0.3) is 11.0 Å². The van der Waals surface area contributed by atoms with Crippen molar-refractivity contribution in [3.63, 3.8) is 0 Å². The summed E-state index contributed by atoms with van der Waals surface area (Å²) in [7, 11) is 0. The minimum Gasteiger partial charge on any atom is -0.450 e. The topological polar surface area (TPSA) is 33.5 Å².